The van der Waals surface area contributed by atoms with Gasteiger partial charge in [0.25, 0.3) is 0 Å². The standard InChI is InChI=1S/C29H28N3O3/c1-30-25-16-19(9-11-27(33)32-12-14-35-15-13-32)8-10-22(25)29-28-23(17-20(34-3)18-26(28)30)21-6-4-5-7-24(21)31(29)2/h4-11,16-18H,12-15H2,1-3H3/q+1/b11-9+. The summed E-state index contributed by atoms with van der Waals surface area (Å²) in [4.78, 5) is 16.7. The molecule has 0 atom stereocenters. The molecule has 0 saturated carbocycles. The molecule has 0 bridgehead atoms. The second kappa shape index (κ2) is 8.40. The smallest absolute Gasteiger partial charge is 0.246 e. The lowest BCUT2D eigenvalue weighted by atomic mass is 9.92. The van der Waals surface area contributed by atoms with E-state index in [2.05, 4.69) is 78.2 Å². The van der Waals surface area contributed by atoms with Crippen LogP contribution in [0.2, 0.25) is 0 Å². The molecule has 0 unspecified atom stereocenters. The van der Waals surface area contributed by atoms with Crippen LogP contribution in [0.3, 0.4) is 0 Å². The molecule has 1 fully saturated rings. The number of carbonyl (C=O) groups excluding carboxylic acids is 1. The number of methoxy groups -OCH3 is 1. The maximum atomic E-state index is 12.6. The molecule has 3 aromatic carbocycles. The van der Waals surface area contributed by atoms with Crippen LogP contribution >= 0.6 is 0 Å². The van der Waals surface area contributed by atoms with Gasteiger partial charge in [-0.25, -0.2) is 0 Å². The zero-order valence-electron chi connectivity index (χ0n) is 20.2. The highest BCUT2D eigenvalue weighted by Gasteiger charge is 2.32. The number of ether oxygens (including phenoxy) is 2. The van der Waals surface area contributed by atoms with E-state index in [0.29, 0.717) is 26.3 Å². The Morgan fingerprint density at radius 2 is 1.83 bits per heavy atom. The van der Waals surface area contributed by atoms with E-state index in [9.17, 15) is 4.79 Å². The van der Waals surface area contributed by atoms with Crippen LogP contribution in [0.15, 0.2) is 60.7 Å². The number of hydrogen-bond acceptors (Lipinski definition) is 4. The van der Waals surface area contributed by atoms with E-state index in [1.807, 2.05) is 11.0 Å². The van der Waals surface area contributed by atoms with Crippen molar-refractivity contribution in [3.05, 3.63) is 66.2 Å². The fourth-order valence-electron chi connectivity index (χ4n) is 5.36. The van der Waals surface area contributed by atoms with Crippen molar-refractivity contribution in [1.82, 2.24) is 4.90 Å². The highest BCUT2D eigenvalue weighted by molar-refractivity contribution is 6.17. The fraction of sp³-hybridized carbons (Fsp3) is 0.241. The van der Waals surface area contributed by atoms with Gasteiger partial charge in [-0.1, -0.05) is 18.2 Å². The summed E-state index contributed by atoms with van der Waals surface area (Å²) in [6.07, 6.45) is 3.57. The van der Waals surface area contributed by atoms with Crippen molar-refractivity contribution in [1.29, 1.82) is 0 Å². The maximum absolute atomic E-state index is 12.6. The van der Waals surface area contributed by atoms with E-state index in [1.165, 1.54) is 32.9 Å². The number of carbonyl (C=O) groups is 1. The number of hydrogen-bond donors (Lipinski definition) is 0. The molecular formula is C29H28N3O3+. The molecule has 4 aromatic rings. The largest absolute Gasteiger partial charge is 0.497 e. The van der Waals surface area contributed by atoms with E-state index in [-0.39, 0.29) is 5.91 Å². The number of pyridine rings is 1. The van der Waals surface area contributed by atoms with Gasteiger partial charge in [-0.05, 0) is 35.9 Å². The van der Waals surface area contributed by atoms with Crippen molar-refractivity contribution in [3.63, 3.8) is 0 Å². The maximum Gasteiger partial charge on any atom is 0.246 e. The molecule has 2 aliphatic rings. The first-order valence-electron chi connectivity index (χ1n) is 11.9. The lowest BCUT2D eigenvalue weighted by Gasteiger charge is -2.29. The van der Waals surface area contributed by atoms with E-state index in [0.717, 1.165) is 22.7 Å². The molecule has 0 N–H and O–H groups in total. The van der Waals surface area contributed by atoms with Crippen molar-refractivity contribution >= 4 is 45.0 Å². The van der Waals surface area contributed by atoms with Crippen molar-refractivity contribution in [2.45, 2.75) is 0 Å². The summed E-state index contributed by atoms with van der Waals surface area (Å²) in [7, 11) is 5.94. The van der Waals surface area contributed by atoms with Crippen molar-refractivity contribution in [2.24, 2.45) is 7.05 Å². The number of morpholine rings is 1. The summed E-state index contributed by atoms with van der Waals surface area (Å²) in [5.74, 6) is 0.858. The Morgan fingerprint density at radius 3 is 2.63 bits per heavy atom. The van der Waals surface area contributed by atoms with Crippen LogP contribution in [0.25, 0.3) is 39.0 Å². The van der Waals surface area contributed by atoms with Crippen LogP contribution in [-0.2, 0) is 16.6 Å². The van der Waals surface area contributed by atoms with Crippen molar-refractivity contribution < 1.29 is 18.8 Å². The van der Waals surface area contributed by atoms with Gasteiger partial charge in [0.2, 0.25) is 17.1 Å². The topological polar surface area (TPSA) is 45.9 Å². The fourth-order valence-corrected chi connectivity index (χ4v) is 5.36. The zero-order chi connectivity index (χ0) is 24.1. The molecule has 2 aliphatic heterocycles. The molecule has 35 heavy (non-hydrogen) atoms. The molecule has 1 aromatic heterocycles. The molecule has 6 rings (SSSR count). The minimum atomic E-state index is 0.0251. The van der Waals surface area contributed by atoms with Crippen molar-refractivity contribution in [2.75, 3.05) is 45.4 Å². The van der Waals surface area contributed by atoms with E-state index in [4.69, 9.17) is 9.47 Å². The van der Waals surface area contributed by atoms with Crippen LogP contribution in [0.5, 0.6) is 5.75 Å². The van der Waals surface area contributed by atoms with Gasteiger partial charge < -0.3 is 19.3 Å². The van der Waals surface area contributed by atoms with Gasteiger partial charge >= 0.3 is 0 Å². The number of anilines is 2. The third-order valence-electron chi connectivity index (χ3n) is 7.20. The third-order valence-corrected chi connectivity index (χ3v) is 7.20. The van der Waals surface area contributed by atoms with Crippen LogP contribution in [0.1, 0.15) is 5.56 Å². The number of nitrogens with zero attached hydrogens (tertiary/aromatic N) is 3. The van der Waals surface area contributed by atoms with Gasteiger partial charge in [-0.3, -0.25) is 4.79 Å². The Bertz CT molecular complexity index is 1520. The second-order valence-electron chi connectivity index (χ2n) is 9.10. The first-order chi connectivity index (χ1) is 17.1. The Hall–Kier alpha value is -3.90. The lowest BCUT2D eigenvalue weighted by Crippen LogP contribution is -2.39. The summed E-state index contributed by atoms with van der Waals surface area (Å²) in [6.45, 7) is 2.49. The van der Waals surface area contributed by atoms with Gasteiger partial charge in [0.05, 0.1) is 48.0 Å². The SMILES string of the molecule is COc1cc2c3c([n+](C)c4ccccc4c3c1)-c1ccc(/C=C/C(=O)N3CCOCC3)cc1N2C. The number of aromatic nitrogens is 1. The van der Waals surface area contributed by atoms with Gasteiger partial charge in [0.1, 0.15) is 12.8 Å². The van der Waals surface area contributed by atoms with Crippen molar-refractivity contribution in [3.8, 4) is 17.0 Å². The molecule has 1 amide bonds. The molecule has 1 saturated heterocycles. The number of fused-ring (bicyclic) bond motifs is 4. The van der Waals surface area contributed by atoms with Gasteiger partial charge in [-0.15, -0.1) is 0 Å². The predicted molar refractivity (Wildman–Crippen MR) is 139 cm³/mol. The number of rotatable bonds is 3. The first-order valence-corrected chi connectivity index (χ1v) is 11.9. The Morgan fingerprint density at radius 1 is 1.03 bits per heavy atom. The minimum Gasteiger partial charge on any atom is -0.497 e. The summed E-state index contributed by atoms with van der Waals surface area (Å²) >= 11 is 0. The number of para-hydroxylation sites is 1. The predicted octanol–water partition coefficient (Wildman–Crippen LogP) is 4.45. The van der Waals surface area contributed by atoms with Crippen LogP contribution in [0, 0.1) is 0 Å². The highest BCUT2D eigenvalue weighted by atomic mass is 16.5. The molecule has 6 nitrogen and oxygen atoms in total. The highest BCUT2D eigenvalue weighted by Crippen LogP contribution is 2.48. The monoisotopic (exact) mass is 466 g/mol. The quantitative estimate of drug-likeness (QED) is 0.254. The van der Waals surface area contributed by atoms with E-state index < -0.39 is 0 Å². The second-order valence-corrected chi connectivity index (χ2v) is 9.10. The lowest BCUT2D eigenvalue weighted by molar-refractivity contribution is -0.632. The Labute approximate surface area is 204 Å². The summed E-state index contributed by atoms with van der Waals surface area (Å²) < 4.78 is 13.3. The van der Waals surface area contributed by atoms with Crippen LogP contribution < -0.4 is 14.2 Å². The minimum absolute atomic E-state index is 0.0251. The van der Waals surface area contributed by atoms with Crippen LogP contribution in [0.4, 0.5) is 11.4 Å². The first kappa shape index (κ1) is 21.6. The summed E-state index contributed by atoms with van der Waals surface area (Å²) in [5.41, 5.74) is 6.71. The average molecular weight is 467 g/mol. The van der Waals surface area contributed by atoms with E-state index >= 15 is 0 Å². The third kappa shape index (κ3) is 3.44. The summed E-state index contributed by atoms with van der Waals surface area (Å²) in [5, 5.41) is 3.60. The average Bonchev–Trinajstić information content (AvgIpc) is 2.91. The summed E-state index contributed by atoms with van der Waals surface area (Å²) in [6, 6.07) is 19.2. The van der Waals surface area contributed by atoms with Gasteiger partial charge in [0.15, 0.2) is 0 Å². The van der Waals surface area contributed by atoms with E-state index in [1.54, 1.807) is 13.2 Å². The van der Waals surface area contributed by atoms with Gasteiger partial charge in [0, 0.05) is 43.7 Å². The molecule has 3 heterocycles. The van der Waals surface area contributed by atoms with Gasteiger partial charge in [-0.2, -0.15) is 4.57 Å². The number of benzene rings is 3. The molecule has 176 valence electrons. The molecule has 0 radical (unpaired) electrons. The molecule has 0 spiro atoms. The molecule has 0 aliphatic carbocycles. The Balaban J connectivity index is 1.51. The van der Waals surface area contributed by atoms with Crippen LogP contribution in [-0.4, -0.2) is 51.3 Å². The Kier molecular flexibility index (Phi) is 5.19. The molecule has 6 heteroatoms. The molecular weight excluding hydrogens is 438 g/mol. The zero-order valence-corrected chi connectivity index (χ0v) is 20.2. The number of amides is 1. The normalized spacial score (nSPS) is 15.2. The number of aryl methyl sites for hydroxylation is 1.